The molecule has 0 spiro atoms. The molecule has 0 amide bonds. The highest BCUT2D eigenvalue weighted by Gasteiger charge is 2.30. The molecule has 23 heavy (non-hydrogen) atoms. The average molecular weight is 312 g/mol. The Balaban J connectivity index is 1.61. The predicted molar refractivity (Wildman–Crippen MR) is 98.1 cm³/mol. The van der Waals surface area contributed by atoms with Crippen LogP contribution < -0.4 is 5.32 Å². The maximum absolute atomic E-state index is 4.45. The molecule has 2 heterocycles. The number of hydrogen-bond acceptors (Lipinski definition) is 1. The van der Waals surface area contributed by atoms with Crippen molar-refractivity contribution < 1.29 is 0 Å². The van der Waals surface area contributed by atoms with Crippen LogP contribution in [0.1, 0.15) is 31.4 Å². The third kappa shape index (κ3) is 3.36. The van der Waals surface area contributed by atoms with Crippen molar-refractivity contribution in [2.75, 3.05) is 26.7 Å². The highest BCUT2D eigenvalue weighted by molar-refractivity contribution is 5.86. The Morgan fingerprint density at radius 1 is 1.39 bits per heavy atom. The van der Waals surface area contributed by atoms with Crippen molar-refractivity contribution in [1.29, 1.82) is 0 Å². The summed E-state index contributed by atoms with van der Waals surface area (Å²) < 4.78 is 0. The fourth-order valence-corrected chi connectivity index (χ4v) is 3.51. The number of fused-ring (bicyclic) bond motifs is 1. The SMILES string of the molecule is CN=C(NCCc1c[nH]c2c(C)cccc12)N1CCC(C)(C)C1. The first-order chi connectivity index (χ1) is 11.0. The van der Waals surface area contributed by atoms with Gasteiger partial charge in [-0.25, -0.2) is 0 Å². The zero-order valence-corrected chi connectivity index (χ0v) is 14.7. The molecule has 124 valence electrons. The van der Waals surface area contributed by atoms with Gasteiger partial charge in [-0.1, -0.05) is 32.0 Å². The molecule has 0 atom stereocenters. The summed E-state index contributed by atoms with van der Waals surface area (Å²) in [6.07, 6.45) is 4.37. The fraction of sp³-hybridized carbons (Fsp3) is 0.526. The summed E-state index contributed by atoms with van der Waals surface area (Å²) in [5.74, 6) is 1.03. The lowest BCUT2D eigenvalue weighted by molar-refractivity contribution is 0.370. The molecule has 2 aromatic rings. The van der Waals surface area contributed by atoms with Gasteiger partial charge in [-0.3, -0.25) is 4.99 Å². The Morgan fingerprint density at radius 3 is 2.91 bits per heavy atom. The van der Waals surface area contributed by atoms with Crippen LogP contribution in [0.5, 0.6) is 0 Å². The van der Waals surface area contributed by atoms with Crippen LogP contribution in [0.25, 0.3) is 10.9 Å². The number of aryl methyl sites for hydroxylation is 1. The molecule has 0 unspecified atom stereocenters. The Labute approximate surface area is 139 Å². The minimum atomic E-state index is 0.395. The number of nitrogens with zero attached hydrogens (tertiary/aromatic N) is 2. The molecule has 2 N–H and O–H groups in total. The summed E-state index contributed by atoms with van der Waals surface area (Å²) in [6.45, 7) is 9.89. The highest BCUT2D eigenvalue weighted by Crippen LogP contribution is 2.28. The first-order valence-electron chi connectivity index (χ1n) is 8.51. The van der Waals surface area contributed by atoms with E-state index in [4.69, 9.17) is 0 Å². The van der Waals surface area contributed by atoms with E-state index in [-0.39, 0.29) is 0 Å². The molecule has 1 aromatic heterocycles. The van der Waals surface area contributed by atoms with Gasteiger partial charge in [0.05, 0.1) is 0 Å². The molecule has 1 aliphatic heterocycles. The molecular formula is C19H28N4. The Hall–Kier alpha value is -1.97. The van der Waals surface area contributed by atoms with E-state index in [1.165, 1.54) is 28.5 Å². The predicted octanol–water partition coefficient (Wildman–Crippen LogP) is 3.33. The smallest absolute Gasteiger partial charge is 0.193 e. The van der Waals surface area contributed by atoms with Crippen LogP contribution in [-0.2, 0) is 6.42 Å². The van der Waals surface area contributed by atoms with Gasteiger partial charge in [-0.05, 0) is 36.3 Å². The second-order valence-corrected chi connectivity index (χ2v) is 7.37. The number of benzene rings is 1. The lowest BCUT2D eigenvalue weighted by Gasteiger charge is -2.23. The molecule has 4 heteroatoms. The number of aromatic nitrogens is 1. The van der Waals surface area contributed by atoms with Crippen LogP contribution in [-0.4, -0.2) is 42.5 Å². The van der Waals surface area contributed by atoms with E-state index in [2.05, 4.69) is 65.4 Å². The first-order valence-corrected chi connectivity index (χ1v) is 8.51. The summed E-state index contributed by atoms with van der Waals surface area (Å²) in [5, 5.41) is 4.87. The van der Waals surface area contributed by atoms with E-state index >= 15 is 0 Å². The summed E-state index contributed by atoms with van der Waals surface area (Å²) in [5.41, 5.74) is 4.32. The standard InChI is InChI=1S/C19H28N4/c1-14-6-5-7-16-15(12-22-17(14)16)8-10-21-18(20-4)23-11-9-19(2,3)13-23/h5-7,12,22H,8-11,13H2,1-4H3,(H,20,21). The van der Waals surface area contributed by atoms with Crippen molar-refractivity contribution in [2.24, 2.45) is 10.4 Å². The molecule has 0 bridgehead atoms. The molecular weight excluding hydrogens is 284 g/mol. The van der Waals surface area contributed by atoms with Crippen LogP contribution in [0.4, 0.5) is 0 Å². The van der Waals surface area contributed by atoms with Crippen molar-refractivity contribution in [3.05, 3.63) is 35.5 Å². The van der Waals surface area contributed by atoms with Gasteiger partial charge in [-0.15, -0.1) is 0 Å². The van der Waals surface area contributed by atoms with Gasteiger partial charge < -0.3 is 15.2 Å². The summed E-state index contributed by atoms with van der Waals surface area (Å²) in [7, 11) is 1.88. The number of aromatic amines is 1. The van der Waals surface area contributed by atoms with E-state index in [1.54, 1.807) is 0 Å². The van der Waals surface area contributed by atoms with E-state index in [9.17, 15) is 0 Å². The van der Waals surface area contributed by atoms with Crippen LogP contribution in [0.3, 0.4) is 0 Å². The number of aliphatic imine (C=N–C) groups is 1. The molecule has 3 rings (SSSR count). The number of likely N-dealkylation sites (tertiary alicyclic amines) is 1. The van der Waals surface area contributed by atoms with Crippen molar-refractivity contribution in [3.8, 4) is 0 Å². The third-order valence-electron chi connectivity index (χ3n) is 4.88. The van der Waals surface area contributed by atoms with Gasteiger partial charge in [0.2, 0.25) is 0 Å². The normalized spacial score (nSPS) is 17.9. The number of hydrogen-bond donors (Lipinski definition) is 2. The zero-order chi connectivity index (χ0) is 16.4. The van der Waals surface area contributed by atoms with Crippen molar-refractivity contribution in [2.45, 2.75) is 33.6 Å². The lowest BCUT2D eigenvalue weighted by atomic mass is 9.93. The number of para-hydroxylation sites is 1. The average Bonchev–Trinajstić information content (AvgIpc) is 3.08. The van der Waals surface area contributed by atoms with Gasteiger partial charge in [-0.2, -0.15) is 0 Å². The van der Waals surface area contributed by atoms with Gasteiger partial charge in [0.1, 0.15) is 0 Å². The van der Waals surface area contributed by atoms with E-state index in [1.807, 2.05) is 7.05 Å². The summed E-state index contributed by atoms with van der Waals surface area (Å²) >= 11 is 0. The molecule has 0 aliphatic carbocycles. The first kappa shape index (κ1) is 15.9. The van der Waals surface area contributed by atoms with Gasteiger partial charge in [0.25, 0.3) is 0 Å². The lowest BCUT2D eigenvalue weighted by Crippen LogP contribution is -2.41. The minimum Gasteiger partial charge on any atom is -0.361 e. The van der Waals surface area contributed by atoms with Gasteiger partial charge in [0, 0.05) is 43.8 Å². The summed E-state index contributed by atoms with van der Waals surface area (Å²) in [6, 6.07) is 6.48. The largest absolute Gasteiger partial charge is 0.361 e. The number of guanidine groups is 1. The van der Waals surface area contributed by atoms with Crippen molar-refractivity contribution in [1.82, 2.24) is 15.2 Å². The fourth-order valence-electron chi connectivity index (χ4n) is 3.51. The van der Waals surface area contributed by atoms with Crippen LogP contribution in [0.15, 0.2) is 29.4 Å². The van der Waals surface area contributed by atoms with E-state index in [0.717, 1.165) is 32.0 Å². The van der Waals surface area contributed by atoms with Gasteiger partial charge >= 0.3 is 0 Å². The second-order valence-electron chi connectivity index (χ2n) is 7.37. The molecule has 1 fully saturated rings. The maximum Gasteiger partial charge on any atom is 0.193 e. The number of nitrogens with one attached hydrogen (secondary N) is 2. The van der Waals surface area contributed by atoms with Gasteiger partial charge in [0.15, 0.2) is 5.96 Å². The van der Waals surface area contributed by atoms with E-state index < -0.39 is 0 Å². The summed E-state index contributed by atoms with van der Waals surface area (Å²) in [4.78, 5) is 10.2. The molecule has 1 saturated heterocycles. The van der Waals surface area contributed by atoms with Crippen LogP contribution in [0.2, 0.25) is 0 Å². The van der Waals surface area contributed by atoms with Crippen molar-refractivity contribution in [3.63, 3.8) is 0 Å². The molecule has 4 nitrogen and oxygen atoms in total. The second kappa shape index (κ2) is 6.26. The number of H-pyrrole nitrogens is 1. The molecule has 1 aromatic carbocycles. The quantitative estimate of drug-likeness (QED) is 0.674. The molecule has 0 radical (unpaired) electrons. The van der Waals surface area contributed by atoms with E-state index in [0.29, 0.717) is 5.41 Å². The Morgan fingerprint density at radius 2 is 2.22 bits per heavy atom. The maximum atomic E-state index is 4.45. The van der Waals surface area contributed by atoms with Crippen molar-refractivity contribution >= 4 is 16.9 Å². The highest BCUT2D eigenvalue weighted by atomic mass is 15.3. The van der Waals surface area contributed by atoms with Crippen LogP contribution >= 0.6 is 0 Å². The topological polar surface area (TPSA) is 43.4 Å². The Kier molecular flexibility index (Phi) is 4.33. The monoisotopic (exact) mass is 312 g/mol. The minimum absolute atomic E-state index is 0.395. The third-order valence-corrected chi connectivity index (χ3v) is 4.88. The van der Waals surface area contributed by atoms with Crippen LogP contribution in [0, 0.1) is 12.3 Å². The zero-order valence-electron chi connectivity index (χ0n) is 14.7. The molecule has 0 saturated carbocycles. The molecule has 1 aliphatic rings. The number of rotatable bonds is 3. The Bertz CT molecular complexity index is 711.